The Morgan fingerprint density at radius 1 is 1.06 bits per heavy atom. The third-order valence-corrected chi connectivity index (χ3v) is 5.38. The van der Waals surface area contributed by atoms with Crippen molar-refractivity contribution in [3.05, 3.63) is 84.3 Å². The SMILES string of the molecule is CCCOc1ccccc1-c1ncc2c(n1)N(Cc1ccc(-n3cccn3)cc1)C(=O)C2. The van der Waals surface area contributed by atoms with Crippen LogP contribution < -0.4 is 9.64 Å². The first kappa shape index (κ1) is 19.9. The Labute approximate surface area is 186 Å². The van der Waals surface area contributed by atoms with Crippen molar-refractivity contribution in [2.45, 2.75) is 26.3 Å². The van der Waals surface area contributed by atoms with E-state index in [2.05, 4.69) is 17.0 Å². The van der Waals surface area contributed by atoms with E-state index >= 15 is 0 Å². The predicted octanol–water partition coefficient (Wildman–Crippen LogP) is 4.21. The van der Waals surface area contributed by atoms with Gasteiger partial charge in [0.1, 0.15) is 11.6 Å². The average molecular weight is 425 g/mol. The summed E-state index contributed by atoms with van der Waals surface area (Å²) in [5.41, 5.74) is 3.67. The Kier molecular flexibility index (Phi) is 5.37. The quantitative estimate of drug-likeness (QED) is 0.444. The summed E-state index contributed by atoms with van der Waals surface area (Å²) in [6.45, 7) is 3.15. The summed E-state index contributed by atoms with van der Waals surface area (Å²) in [5.74, 6) is 2.00. The summed E-state index contributed by atoms with van der Waals surface area (Å²) in [4.78, 5) is 23.8. The highest BCUT2D eigenvalue weighted by Crippen LogP contribution is 2.33. The highest BCUT2D eigenvalue weighted by atomic mass is 16.5. The van der Waals surface area contributed by atoms with Gasteiger partial charge in [0.15, 0.2) is 5.82 Å². The molecule has 0 saturated carbocycles. The molecule has 160 valence electrons. The van der Waals surface area contributed by atoms with Gasteiger partial charge in [-0.05, 0) is 42.3 Å². The number of para-hydroxylation sites is 1. The van der Waals surface area contributed by atoms with Crippen molar-refractivity contribution in [1.82, 2.24) is 19.7 Å². The Morgan fingerprint density at radius 2 is 1.91 bits per heavy atom. The fourth-order valence-electron chi connectivity index (χ4n) is 3.77. The second-order valence-corrected chi connectivity index (χ2v) is 7.66. The molecular weight excluding hydrogens is 402 g/mol. The van der Waals surface area contributed by atoms with Crippen molar-refractivity contribution in [2.24, 2.45) is 0 Å². The molecule has 0 aliphatic carbocycles. The van der Waals surface area contributed by atoms with Gasteiger partial charge in [-0.2, -0.15) is 5.10 Å². The molecule has 2 aromatic carbocycles. The topological polar surface area (TPSA) is 73.1 Å². The molecule has 2 aromatic heterocycles. The molecule has 0 fully saturated rings. The van der Waals surface area contributed by atoms with E-state index in [-0.39, 0.29) is 5.91 Å². The lowest BCUT2D eigenvalue weighted by Crippen LogP contribution is -2.26. The third kappa shape index (κ3) is 3.85. The molecule has 7 heteroatoms. The van der Waals surface area contributed by atoms with Crippen LogP contribution in [0.1, 0.15) is 24.5 Å². The molecule has 0 unspecified atom stereocenters. The maximum Gasteiger partial charge on any atom is 0.233 e. The number of ether oxygens (including phenoxy) is 1. The van der Waals surface area contributed by atoms with Crippen LogP contribution in [-0.4, -0.2) is 32.3 Å². The van der Waals surface area contributed by atoms with Crippen LogP contribution in [0.15, 0.2) is 73.2 Å². The lowest BCUT2D eigenvalue weighted by atomic mass is 10.1. The van der Waals surface area contributed by atoms with Crippen LogP contribution in [0.3, 0.4) is 0 Å². The summed E-state index contributed by atoms with van der Waals surface area (Å²) in [6, 6.07) is 17.6. The molecule has 0 saturated heterocycles. The average Bonchev–Trinajstić information content (AvgIpc) is 3.47. The smallest absolute Gasteiger partial charge is 0.233 e. The van der Waals surface area contributed by atoms with Gasteiger partial charge in [0.05, 0.1) is 30.8 Å². The minimum atomic E-state index is 0.0260. The molecule has 0 radical (unpaired) electrons. The van der Waals surface area contributed by atoms with E-state index in [0.29, 0.717) is 31.2 Å². The first-order valence-electron chi connectivity index (χ1n) is 10.7. The first-order valence-corrected chi connectivity index (χ1v) is 10.7. The van der Waals surface area contributed by atoms with Crippen molar-refractivity contribution < 1.29 is 9.53 Å². The zero-order chi connectivity index (χ0) is 21.9. The summed E-state index contributed by atoms with van der Waals surface area (Å²) >= 11 is 0. The second kappa shape index (κ2) is 8.63. The number of anilines is 1. The first-order chi connectivity index (χ1) is 15.7. The Morgan fingerprint density at radius 3 is 2.69 bits per heavy atom. The van der Waals surface area contributed by atoms with Crippen molar-refractivity contribution in [3.63, 3.8) is 0 Å². The second-order valence-electron chi connectivity index (χ2n) is 7.66. The number of carbonyl (C=O) groups is 1. The molecule has 4 aromatic rings. The van der Waals surface area contributed by atoms with Crippen LogP contribution in [0.4, 0.5) is 5.82 Å². The van der Waals surface area contributed by atoms with E-state index in [1.807, 2.05) is 60.8 Å². The predicted molar refractivity (Wildman–Crippen MR) is 122 cm³/mol. The Hall–Kier alpha value is -4.00. The minimum Gasteiger partial charge on any atom is -0.493 e. The van der Waals surface area contributed by atoms with Crippen molar-refractivity contribution in [1.29, 1.82) is 0 Å². The van der Waals surface area contributed by atoms with Crippen molar-refractivity contribution in [3.8, 4) is 22.8 Å². The fourth-order valence-corrected chi connectivity index (χ4v) is 3.77. The standard InChI is InChI=1S/C25H23N5O2/c1-2-14-32-22-7-4-3-6-21(22)24-26-16-19-15-23(31)29(25(19)28-24)17-18-8-10-20(11-9-18)30-13-5-12-27-30/h3-13,16H,2,14-15,17H2,1H3. The summed E-state index contributed by atoms with van der Waals surface area (Å²) < 4.78 is 7.68. The van der Waals surface area contributed by atoms with Gasteiger partial charge in [0.2, 0.25) is 5.91 Å². The van der Waals surface area contributed by atoms with Crippen LogP contribution >= 0.6 is 0 Å². The third-order valence-electron chi connectivity index (χ3n) is 5.38. The molecule has 1 amide bonds. The maximum atomic E-state index is 12.8. The molecule has 0 spiro atoms. The van der Waals surface area contributed by atoms with E-state index < -0.39 is 0 Å². The Bertz CT molecular complexity index is 1240. The lowest BCUT2D eigenvalue weighted by molar-refractivity contribution is -0.117. The fraction of sp³-hybridized carbons (Fsp3) is 0.200. The van der Waals surface area contributed by atoms with Gasteiger partial charge < -0.3 is 4.74 Å². The zero-order valence-corrected chi connectivity index (χ0v) is 17.8. The number of hydrogen-bond donors (Lipinski definition) is 0. The van der Waals surface area contributed by atoms with E-state index in [4.69, 9.17) is 9.72 Å². The number of carbonyl (C=O) groups excluding carboxylic acids is 1. The zero-order valence-electron chi connectivity index (χ0n) is 17.8. The molecule has 1 aliphatic heterocycles. The lowest BCUT2D eigenvalue weighted by Gasteiger charge is -2.18. The number of hydrogen-bond acceptors (Lipinski definition) is 5. The molecule has 0 N–H and O–H groups in total. The molecule has 3 heterocycles. The molecule has 32 heavy (non-hydrogen) atoms. The van der Waals surface area contributed by atoms with Crippen LogP contribution in [0.2, 0.25) is 0 Å². The van der Waals surface area contributed by atoms with Gasteiger partial charge in [0, 0.05) is 24.2 Å². The van der Waals surface area contributed by atoms with Crippen LogP contribution in [0.25, 0.3) is 17.1 Å². The Balaban J connectivity index is 1.42. The van der Waals surface area contributed by atoms with Gasteiger partial charge in [-0.25, -0.2) is 14.6 Å². The van der Waals surface area contributed by atoms with Gasteiger partial charge in [-0.1, -0.05) is 31.2 Å². The monoisotopic (exact) mass is 425 g/mol. The molecular formula is C25H23N5O2. The van der Waals surface area contributed by atoms with Crippen molar-refractivity contribution in [2.75, 3.05) is 11.5 Å². The van der Waals surface area contributed by atoms with Gasteiger partial charge in [-0.15, -0.1) is 0 Å². The molecule has 1 aliphatic rings. The number of fused-ring (bicyclic) bond motifs is 1. The maximum absolute atomic E-state index is 12.8. The van der Waals surface area contributed by atoms with Gasteiger partial charge in [-0.3, -0.25) is 9.69 Å². The van der Waals surface area contributed by atoms with E-state index in [9.17, 15) is 4.79 Å². The molecule has 0 bridgehead atoms. The number of amides is 1. The van der Waals surface area contributed by atoms with Crippen molar-refractivity contribution >= 4 is 11.7 Å². The van der Waals surface area contributed by atoms with E-state index in [1.54, 1.807) is 22.0 Å². The van der Waals surface area contributed by atoms with Gasteiger partial charge in [0.25, 0.3) is 0 Å². The van der Waals surface area contributed by atoms with E-state index in [1.165, 1.54) is 0 Å². The molecule has 5 rings (SSSR count). The highest BCUT2D eigenvalue weighted by molar-refractivity contribution is 6.00. The molecule has 7 nitrogen and oxygen atoms in total. The van der Waals surface area contributed by atoms with E-state index in [0.717, 1.165) is 34.5 Å². The van der Waals surface area contributed by atoms with Crippen LogP contribution in [-0.2, 0) is 17.8 Å². The number of nitrogens with zero attached hydrogens (tertiary/aromatic N) is 5. The highest BCUT2D eigenvalue weighted by Gasteiger charge is 2.30. The van der Waals surface area contributed by atoms with Gasteiger partial charge >= 0.3 is 0 Å². The summed E-state index contributed by atoms with van der Waals surface area (Å²) in [5, 5.41) is 4.25. The number of benzene rings is 2. The summed E-state index contributed by atoms with van der Waals surface area (Å²) in [6.07, 6.45) is 6.63. The number of rotatable bonds is 7. The van der Waals surface area contributed by atoms with Crippen LogP contribution in [0, 0.1) is 0 Å². The van der Waals surface area contributed by atoms with Crippen LogP contribution in [0.5, 0.6) is 5.75 Å². The normalized spacial score (nSPS) is 12.8. The summed E-state index contributed by atoms with van der Waals surface area (Å²) in [7, 11) is 0. The largest absolute Gasteiger partial charge is 0.493 e. The number of aromatic nitrogens is 4. The molecule has 0 atom stereocenters. The minimum absolute atomic E-state index is 0.0260.